The van der Waals surface area contributed by atoms with E-state index < -0.39 is 0 Å². The Kier molecular flexibility index (Phi) is 2.77. The molecule has 0 fully saturated rings. The summed E-state index contributed by atoms with van der Waals surface area (Å²) >= 11 is 5.82. The molecule has 0 saturated heterocycles. The van der Waals surface area contributed by atoms with Crippen LogP contribution in [0.2, 0.25) is 0 Å². The van der Waals surface area contributed by atoms with Gasteiger partial charge < -0.3 is 4.90 Å². The van der Waals surface area contributed by atoms with Crippen LogP contribution in [0.5, 0.6) is 0 Å². The zero-order valence-electron chi connectivity index (χ0n) is 7.34. The predicted molar refractivity (Wildman–Crippen MR) is 53.5 cm³/mol. The van der Waals surface area contributed by atoms with Crippen LogP contribution in [0, 0.1) is 0 Å². The Hall–Kier alpha value is -0.950. The fraction of sp³-hybridized carbons (Fsp3) is 0.200. The third-order valence-electron chi connectivity index (χ3n) is 1.43. The number of allylic oxidation sites excluding steroid dienone is 4. The molecule has 1 aliphatic heterocycles. The average molecular weight is 182 g/mol. The van der Waals surface area contributed by atoms with Gasteiger partial charge in [0.1, 0.15) is 0 Å². The number of nitrogens with zero attached hydrogens (tertiary/aromatic N) is 1. The van der Waals surface area contributed by atoms with Gasteiger partial charge in [0.05, 0.1) is 5.03 Å². The first-order valence-electron chi connectivity index (χ1n) is 3.77. The molecule has 12 heavy (non-hydrogen) atoms. The molecule has 0 aliphatic carbocycles. The van der Waals surface area contributed by atoms with Crippen LogP contribution in [0.15, 0.2) is 47.4 Å². The normalized spacial score (nSPS) is 16.1. The lowest BCUT2D eigenvalue weighted by Gasteiger charge is -2.19. The van der Waals surface area contributed by atoms with Crippen molar-refractivity contribution >= 4 is 11.6 Å². The Morgan fingerprint density at radius 1 is 1.50 bits per heavy atom. The third kappa shape index (κ3) is 2.28. The van der Waals surface area contributed by atoms with Crippen LogP contribution in [0.4, 0.5) is 0 Å². The lowest BCUT2D eigenvalue weighted by Crippen LogP contribution is -2.09. The molecule has 0 saturated carbocycles. The minimum atomic E-state index is 0.722. The van der Waals surface area contributed by atoms with E-state index in [0.29, 0.717) is 0 Å². The van der Waals surface area contributed by atoms with E-state index in [1.807, 2.05) is 43.3 Å². The molecule has 0 aromatic carbocycles. The molecular weight excluding hydrogens is 170 g/mol. The summed E-state index contributed by atoms with van der Waals surface area (Å²) in [5.74, 6) is 0. The number of hydrogen-bond acceptors (Lipinski definition) is 1. The number of rotatable bonds is 1. The van der Waals surface area contributed by atoms with Crippen molar-refractivity contribution in [1.29, 1.82) is 0 Å². The molecular formula is C10H12ClN. The summed E-state index contributed by atoms with van der Waals surface area (Å²) in [6, 6.07) is 0. The molecule has 64 valence electrons. The number of halogens is 1. The highest BCUT2D eigenvalue weighted by Gasteiger charge is 2.03. The molecule has 0 unspecified atom stereocenters. The van der Waals surface area contributed by atoms with E-state index in [4.69, 9.17) is 11.6 Å². The fourth-order valence-electron chi connectivity index (χ4n) is 0.919. The fourth-order valence-corrected chi connectivity index (χ4v) is 1.09. The molecule has 0 radical (unpaired) electrons. The zero-order chi connectivity index (χ0) is 9.14. The first-order valence-corrected chi connectivity index (χ1v) is 4.15. The van der Waals surface area contributed by atoms with Gasteiger partial charge in [0.15, 0.2) is 0 Å². The Labute approximate surface area is 78.3 Å². The second kappa shape index (κ2) is 3.63. The number of hydrogen-bond donors (Lipinski definition) is 0. The molecule has 0 aromatic heterocycles. The Morgan fingerprint density at radius 3 is 2.75 bits per heavy atom. The van der Waals surface area contributed by atoms with Gasteiger partial charge in [0.2, 0.25) is 0 Å². The SMILES string of the molecule is C=C1C=CC(Cl)=CN1C=C(C)C. The maximum absolute atomic E-state index is 5.82. The summed E-state index contributed by atoms with van der Waals surface area (Å²) in [4.78, 5) is 1.91. The van der Waals surface area contributed by atoms with Gasteiger partial charge >= 0.3 is 0 Å². The van der Waals surface area contributed by atoms with E-state index in [0.717, 1.165) is 10.7 Å². The first-order chi connectivity index (χ1) is 5.59. The van der Waals surface area contributed by atoms with E-state index in [1.54, 1.807) is 0 Å². The van der Waals surface area contributed by atoms with Crippen LogP contribution in [-0.2, 0) is 0 Å². The zero-order valence-corrected chi connectivity index (χ0v) is 8.10. The lowest BCUT2D eigenvalue weighted by atomic mass is 10.3. The highest BCUT2D eigenvalue weighted by Crippen LogP contribution is 2.18. The third-order valence-corrected chi connectivity index (χ3v) is 1.65. The summed E-state index contributed by atoms with van der Waals surface area (Å²) in [5, 5.41) is 0.722. The molecule has 1 aliphatic rings. The van der Waals surface area contributed by atoms with Gasteiger partial charge in [-0.3, -0.25) is 0 Å². The predicted octanol–water partition coefficient (Wildman–Crippen LogP) is 3.38. The van der Waals surface area contributed by atoms with Crippen molar-refractivity contribution < 1.29 is 0 Å². The largest absolute Gasteiger partial charge is 0.323 e. The van der Waals surface area contributed by atoms with Gasteiger partial charge in [-0.2, -0.15) is 0 Å². The van der Waals surface area contributed by atoms with E-state index in [9.17, 15) is 0 Å². The van der Waals surface area contributed by atoms with Crippen molar-refractivity contribution in [1.82, 2.24) is 4.90 Å². The highest BCUT2D eigenvalue weighted by molar-refractivity contribution is 6.31. The molecule has 0 spiro atoms. The van der Waals surface area contributed by atoms with Crippen LogP contribution in [0.1, 0.15) is 13.8 Å². The Balaban J connectivity index is 2.85. The lowest BCUT2D eigenvalue weighted by molar-refractivity contribution is 0.640. The standard InChI is InChI=1S/C10H12ClN/c1-8(2)6-12-7-10(11)5-4-9(12)3/h4-7H,3H2,1-2H3. The summed E-state index contributed by atoms with van der Waals surface area (Å²) in [6.45, 7) is 7.94. The van der Waals surface area contributed by atoms with E-state index in [1.165, 1.54) is 5.57 Å². The molecule has 1 heterocycles. The topological polar surface area (TPSA) is 3.24 Å². The monoisotopic (exact) mass is 181 g/mol. The van der Waals surface area contributed by atoms with Crippen molar-refractivity contribution in [2.45, 2.75) is 13.8 Å². The van der Waals surface area contributed by atoms with Crippen molar-refractivity contribution in [3.8, 4) is 0 Å². The van der Waals surface area contributed by atoms with Crippen molar-refractivity contribution in [2.24, 2.45) is 0 Å². The van der Waals surface area contributed by atoms with Gasteiger partial charge in [0.25, 0.3) is 0 Å². The van der Waals surface area contributed by atoms with Gasteiger partial charge in [0, 0.05) is 18.1 Å². The van der Waals surface area contributed by atoms with Gasteiger partial charge in [-0.15, -0.1) is 0 Å². The van der Waals surface area contributed by atoms with Crippen LogP contribution < -0.4 is 0 Å². The average Bonchev–Trinajstić information content (AvgIpc) is 1.96. The minimum Gasteiger partial charge on any atom is -0.323 e. The highest BCUT2D eigenvalue weighted by atomic mass is 35.5. The Morgan fingerprint density at radius 2 is 2.17 bits per heavy atom. The van der Waals surface area contributed by atoms with E-state index >= 15 is 0 Å². The maximum Gasteiger partial charge on any atom is 0.0572 e. The summed E-state index contributed by atoms with van der Waals surface area (Å²) in [7, 11) is 0. The molecule has 0 bridgehead atoms. The van der Waals surface area contributed by atoms with Gasteiger partial charge in [-0.1, -0.05) is 23.8 Å². The van der Waals surface area contributed by atoms with Crippen LogP contribution >= 0.6 is 11.6 Å². The Bertz CT molecular complexity index is 280. The molecule has 1 rings (SSSR count). The molecule has 0 atom stereocenters. The summed E-state index contributed by atoms with van der Waals surface area (Å²) in [6.07, 6.45) is 7.56. The summed E-state index contributed by atoms with van der Waals surface area (Å²) in [5.41, 5.74) is 2.15. The smallest absolute Gasteiger partial charge is 0.0572 e. The van der Waals surface area contributed by atoms with Crippen LogP contribution in [-0.4, -0.2) is 4.90 Å². The second-order valence-corrected chi connectivity index (χ2v) is 3.39. The van der Waals surface area contributed by atoms with E-state index in [2.05, 4.69) is 6.58 Å². The molecule has 0 N–H and O–H groups in total. The molecule has 2 heteroatoms. The quantitative estimate of drug-likeness (QED) is 0.600. The van der Waals surface area contributed by atoms with Crippen LogP contribution in [0.3, 0.4) is 0 Å². The molecule has 1 nitrogen and oxygen atoms in total. The second-order valence-electron chi connectivity index (χ2n) is 2.95. The van der Waals surface area contributed by atoms with Crippen molar-refractivity contribution in [2.75, 3.05) is 0 Å². The molecule has 0 amide bonds. The van der Waals surface area contributed by atoms with Crippen molar-refractivity contribution in [3.63, 3.8) is 0 Å². The summed E-state index contributed by atoms with van der Waals surface area (Å²) < 4.78 is 0. The maximum atomic E-state index is 5.82. The molecule has 0 aromatic rings. The minimum absolute atomic E-state index is 0.722. The first kappa shape index (κ1) is 9.14. The van der Waals surface area contributed by atoms with Crippen molar-refractivity contribution in [3.05, 3.63) is 47.4 Å². The van der Waals surface area contributed by atoms with E-state index in [-0.39, 0.29) is 0 Å². The van der Waals surface area contributed by atoms with Gasteiger partial charge in [-0.25, -0.2) is 0 Å². The van der Waals surface area contributed by atoms with Gasteiger partial charge in [-0.05, 0) is 26.0 Å². The van der Waals surface area contributed by atoms with Crippen LogP contribution in [0.25, 0.3) is 0 Å².